The Morgan fingerprint density at radius 2 is 1.80 bits per heavy atom. The van der Waals surface area contributed by atoms with Crippen LogP contribution in [0.25, 0.3) is 0 Å². The van der Waals surface area contributed by atoms with Crippen LogP contribution >= 0.6 is 0 Å². The predicted molar refractivity (Wildman–Crippen MR) is 40.6 cm³/mol. The molecule has 0 aromatic heterocycles. The number of rotatable bonds is 6. The van der Waals surface area contributed by atoms with Crippen LogP contribution in [0.4, 0.5) is 0 Å². The van der Waals surface area contributed by atoms with E-state index in [0.717, 1.165) is 19.1 Å². The van der Waals surface area contributed by atoms with E-state index in [-0.39, 0.29) is 31.0 Å². The van der Waals surface area contributed by atoms with E-state index in [1.807, 2.05) is 0 Å². The van der Waals surface area contributed by atoms with Crippen LogP contribution in [0, 0.1) is 0 Å². The normalized spacial score (nSPS) is 8.50. The fourth-order valence-corrected chi connectivity index (χ4v) is 0.831. The van der Waals surface area contributed by atoms with Crippen LogP contribution in [-0.4, -0.2) is 6.29 Å². The molecule has 0 atom stereocenters. The van der Waals surface area contributed by atoms with Crippen molar-refractivity contribution in [1.82, 2.24) is 0 Å². The molecule has 0 aliphatic carbocycles. The molecule has 0 rings (SSSR count). The molecule has 0 fully saturated rings. The molecule has 0 aromatic carbocycles. The molecule has 0 heterocycles. The molecule has 0 saturated heterocycles. The third-order valence-corrected chi connectivity index (χ3v) is 1.43. The number of carbonyl (C=O) groups excluding carboxylic acids is 1. The molecule has 1 nitrogen and oxygen atoms in total. The second kappa shape index (κ2) is 12.4. The van der Waals surface area contributed by atoms with Crippen molar-refractivity contribution in [2.45, 2.75) is 45.4 Å². The summed E-state index contributed by atoms with van der Waals surface area (Å²) in [5.41, 5.74) is 0. The molecular weight excluding hydrogens is 135 g/mol. The number of hydrogen-bond donors (Lipinski definition) is 0. The van der Waals surface area contributed by atoms with Crippen LogP contribution in [0.2, 0.25) is 0 Å². The van der Waals surface area contributed by atoms with Crippen molar-refractivity contribution in [1.29, 1.82) is 0 Å². The van der Waals surface area contributed by atoms with Gasteiger partial charge < -0.3 is 6.22 Å². The van der Waals surface area contributed by atoms with Crippen molar-refractivity contribution in [2.24, 2.45) is 0 Å². The fraction of sp³-hybridized carbons (Fsp3) is 0.875. The van der Waals surface area contributed by atoms with E-state index in [9.17, 15) is 4.79 Å². The number of aldehydes is 1. The maximum absolute atomic E-state index is 9.84. The molecule has 0 radical (unpaired) electrons. The van der Waals surface area contributed by atoms with E-state index in [0.29, 0.717) is 0 Å². The molecule has 0 N–H and O–H groups in total. The number of unbranched alkanes of at least 4 members (excludes halogenated alkanes) is 5. The molecule has 0 spiro atoms. The average molecular weight is 152 g/mol. The van der Waals surface area contributed by atoms with E-state index in [4.69, 9.17) is 0 Å². The molecular formula is C8H17NaO. The van der Waals surface area contributed by atoms with Crippen LogP contribution in [0.1, 0.15) is 46.9 Å². The van der Waals surface area contributed by atoms with Gasteiger partial charge in [0.1, 0.15) is 6.29 Å². The largest absolute Gasteiger partial charge is 1.00 e. The predicted octanol–water partition coefficient (Wildman–Crippen LogP) is -0.338. The molecule has 0 amide bonds. The van der Waals surface area contributed by atoms with Crippen LogP contribution in [-0.2, 0) is 4.79 Å². The Balaban J connectivity index is -0.000000320. The van der Waals surface area contributed by atoms with Crippen LogP contribution in [0.3, 0.4) is 0 Å². The van der Waals surface area contributed by atoms with Crippen molar-refractivity contribution in [3.8, 4) is 0 Å². The maximum atomic E-state index is 9.84. The van der Waals surface area contributed by atoms with Gasteiger partial charge in [0.15, 0.2) is 0 Å². The summed E-state index contributed by atoms with van der Waals surface area (Å²) in [6.45, 7) is 2.19. The van der Waals surface area contributed by atoms with Gasteiger partial charge in [0.25, 0.3) is 0 Å². The summed E-state index contributed by atoms with van der Waals surface area (Å²) in [4.78, 5) is 9.84. The topological polar surface area (TPSA) is 17.1 Å². The third-order valence-electron chi connectivity index (χ3n) is 1.43. The van der Waals surface area contributed by atoms with Crippen molar-refractivity contribution in [3.63, 3.8) is 0 Å². The standard InChI is InChI=1S/C8H16O.Na.H/c1-2-3-4-5-6-7-8-9;;/h8H,2-7H2,1H3;;/q;+1;-1. The Morgan fingerprint density at radius 3 is 2.30 bits per heavy atom. The first-order chi connectivity index (χ1) is 4.41. The Hall–Kier alpha value is 0.670. The molecule has 0 aliphatic rings. The van der Waals surface area contributed by atoms with Gasteiger partial charge in [0.2, 0.25) is 0 Å². The molecule has 0 unspecified atom stereocenters. The average Bonchev–Trinajstić information content (AvgIpc) is 1.89. The summed E-state index contributed by atoms with van der Waals surface area (Å²) in [5, 5.41) is 0. The monoisotopic (exact) mass is 152 g/mol. The minimum atomic E-state index is 0. The van der Waals surface area contributed by atoms with E-state index in [1.165, 1.54) is 25.7 Å². The smallest absolute Gasteiger partial charge is 1.00 e. The van der Waals surface area contributed by atoms with Crippen molar-refractivity contribution < 1.29 is 35.8 Å². The fourth-order valence-electron chi connectivity index (χ4n) is 0.831. The van der Waals surface area contributed by atoms with Gasteiger partial charge in [-0.3, -0.25) is 0 Å². The van der Waals surface area contributed by atoms with Crippen molar-refractivity contribution in [3.05, 3.63) is 0 Å². The van der Waals surface area contributed by atoms with Crippen LogP contribution in [0.15, 0.2) is 0 Å². The van der Waals surface area contributed by atoms with Gasteiger partial charge in [0, 0.05) is 6.42 Å². The van der Waals surface area contributed by atoms with E-state index in [1.54, 1.807) is 0 Å². The maximum Gasteiger partial charge on any atom is 1.00 e. The van der Waals surface area contributed by atoms with E-state index in [2.05, 4.69) is 6.92 Å². The molecule has 0 saturated carbocycles. The Morgan fingerprint density at radius 1 is 1.20 bits per heavy atom. The van der Waals surface area contributed by atoms with Crippen LogP contribution < -0.4 is 29.6 Å². The molecule has 0 bridgehead atoms. The van der Waals surface area contributed by atoms with Gasteiger partial charge in [-0.25, -0.2) is 0 Å². The first-order valence-electron chi connectivity index (χ1n) is 3.85. The summed E-state index contributed by atoms with van der Waals surface area (Å²) >= 11 is 0. The molecule has 0 aromatic rings. The molecule has 10 heavy (non-hydrogen) atoms. The van der Waals surface area contributed by atoms with Crippen LogP contribution in [0.5, 0.6) is 0 Å². The third kappa shape index (κ3) is 11.5. The quantitative estimate of drug-likeness (QED) is 0.289. The Bertz CT molecular complexity index is 69.1. The van der Waals surface area contributed by atoms with Crippen molar-refractivity contribution in [2.75, 3.05) is 0 Å². The second-order valence-electron chi connectivity index (χ2n) is 2.37. The number of carbonyl (C=O) groups is 1. The zero-order valence-electron chi connectivity index (χ0n) is 8.23. The van der Waals surface area contributed by atoms with Gasteiger partial charge in [0.05, 0.1) is 0 Å². The Labute approximate surface area is 87.4 Å². The first kappa shape index (κ1) is 13.3. The van der Waals surface area contributed by atoms with Gasteiger partial charge >= 0.3 is 29.6 Å². The van der Waals surface area contributed by atoms with Crippen molar-refractivity contribution >= 4 is 6.29 Å². The van der Waals surface area contributed by atoms with E-state index >= 15 is 0 Å². The summed E-state index contributed by atoms with van der Waals surface area (Å²) < 4.78 is 0. The first-order valence-corrected chi connectivity index (χ1v) is 3.85. The Kier molecular flexibility index (Phi) is 16.4. The molecule has 56 valence electrons. The second-order valence-corrected chi connectivity index (χ2v) is 2.37. The van der Waals surface area contributed by atoms with E-state index < -0.39 is 0 Å². The number of hydrogen-bond acceptors (Lipinski definition) is 1. The minimum absolute atomic E-state index is 0. The minimum Gasteiger partial charge on any atom is -1.00 e. The molecule has 0 aliphatic heterocycles. The SMILES string of the molecule is CCCCCCCC=O.[H-].[Na+]. The summed E-state index contributed by atoms with van der Waals surface area (Å²) in [6, 6.07) is 0. The van der Waals surface area contributed by atoms with Gasteiger partial charge in [-0.15, -0.1) is 0 Å². The van der Waals surface area contributed by atoms with Gasteiger partial charge in [-0.05, 0) is 6.42 Å². The summed E-state index contributed by atoms with van der Waals surface area (Å²) in [7, 11) is 0. The van der Waals surface area contributed by atoms with Gasteiger partial charge in [-0.1, -0.05) is 32.6 Å². The zero-order valence-corrected chi connectivity index (χ0v) is 9.23. The summed E-state index contributed by atoms with van der Waals surface area (Å²) in [6.07, 6.45) is 7.97. The van der Waals surface area contributed by atoms with Gasteiger partial charge in [-0.2, -0.15) is 0 Å². The zero-order chi connectivity index (χ0) is 6.95. The molecule has 2 heteroatoms. The summed E-state index contributed by atoms with van der Waals surface area (Å²) in [5.74, 6) is 0.